The molecule has 0 bridgehead atoms. The SMILES string of the molecule is COC(=O)c1ccccc1-c1ccc(C(=O)N(CCCc2ccccc2)Cc2cc(Cl)ccc2Cl)cc1. The molecular formula is C31H27Cl2NO3. The molecule has 0 spiro atoms. The molecule has 0 heterocycles. The van der Waals surface area contributed by atoms with E-state index in [2.05, 4.69) is 12.1 Å². The third-order valence-corrected chi connectivity index (χ3v) is 6.77. The van der Waals surface area contributed by atoms with Gasteiger partial charge in [-0.1, -0.05) is 83.9 Å². The highest BCUT2D eigenvalue weighted by Gasteiger charge is 2.19. The number of amides is 1. The highest BCUT2D eigenvalue weighted by Crippen LogP contribution is 2.26. The van der Waals surface area contributed by atoms with Gasteiger partial charge in [-0.3, -0.25) is 4.79 Å². The first kappa shape index (κ1) is 26.5. The number of hydrogen-bond donors (Lipinski definition) is 0. The molecule has 0 saturated carbocycles. The van der Waals surface area contributed by atoms with Gasteiger partial charge in [-0.15, -0.1) is 0 Å². The van der Waals surface area contributed by atoms with E-state index in [0.717, 1.165) is 29.5 Å². The zero-order valence-corrected chi connectivity index (χ0v) is 22.0. The van der Waals surface area contributed by atoms with Crippen molar-refractivity contribution in [2.45, 2.75) is 19.4 Å². The Morgan fingerprint density at radius 3 is 2.27 bits per heavy atom. The first-order valence-electron chi connectivity index (χ1n) is 12.0. The van der Waals surface area contributed by atoms with E-state index < -0.39 is 5.97 Å². The van der Waals surface area contributed by atoms with Crippen molar-refractivity contribution in [1.29, 1.82) is 0 Å². The second kappa shape index (κ2) is 12.6. The zero-order valence-electron chi connectivity index (χ0n) is 20.5. The van der Waals surface area contributed by atoms with Crippen LogP contribution >= 0.6 is 23.2 Å². The molecule has 0 aromatic heterocycles. The van der Waals surface area contributed by atoms with Gasteiger partial charge in [-0.2, -0.15) is 0 Å². The van der Waals surface area contributed by atoms with Gasteiger partial charge >= 0.3 is 5.97 Å². The summed E-state index contributed by atoms with van der Waals surface area (Å²) in [6.45, 7) is 0.906. The summed E-state index contributed by atoms with van der Waals surface area (Å²) in [4.78, 5) is 27.6. The molecule has 0 aliphatic heterocycles. The van der Waals surface area contributed by atoms with Crippen molar-refractivity contribution in [2.75, 3.05) is 13.7 Å². The van der Waals surface area contributed by atoms with Gasteiger partial charge in [0.15, 0.2) is 0 Å². The highest BCUT2D eigenvalue weighted by atomic mass is 35.5. The summed E-state index contributed by atoms with van der Waals surface area (Å²) in [5.41, 5.74) is 4.62. The number of rotatable bonds is 9. The number of benzene rings is 4. The maximum absolute atomic E-state index is 13.6. The Hall–Kier alpha value is -3.60. The molecule has 4 aromatic carbocycles. The predicted octanol–water partition coefficient (Wildman–Crippen LogP) is 7.72. The molecule has 1 amide bonds. The molecule has 0 atom stereocenters. The number of hydrogen-bond acceptors (Lipinski definition) is 3. The van der Waals surface area contributed by atoms with Crippen molar-refractivity contribution in [1.82, 2.24) is 4.90 Å². The van der Waals surface area contributed by atoms with Gasteiger partial charge < -0.3 is 9.64 Å². The summed E-state index contributed by atoms with van der Waals surface area (Å²) < 4.78 is 4.92. The lowest BCUT2D eigenvalue weighted by Crippen LogP contribution is -2.32. The number of methoxy groups -OCH3 is 1. The van der Waals surface area contributed by atoms with Crippen molar-refractivity contribution in [2.24, 2.45) is 0 Å². The van der Waals surface area contributed by atoms with Crippen LogP contribution in [-0.4, -0.2) is 30.4 Å². The molecule has 0 unspecified atom stereocenters. The third kappa shape index (κ3) is 6.79. The summed E-state index contributed by atoms with van der Waals surface area (Å²) in [7, 11) is 1.36. The summed E-state index contributed by atoms with van der Waals surface area (Å²) in [5.74, 6) is -0.504. The molecule has 4 aromatic rings. The molecule has 188 valence electrons. The Balaban J connectivity index is 1.56. The van der Waals surface area contributed by atoms with E-state index in [4.69, 9.17) is 27.9 Å². The lowest BCUT2D eigenvalue weighted by molar-refractivity contribution is 0.0601. The van der Waals surface area contributed by atoms with Crippen LogP contribution in [-0.2, 0) is 17.7 Å². The van der Waals surface area contributed by atoms with Crippen LogP contribution in [0.4, 0.5) is 0 Å². The van der Waals surface area contributed by atoms with Gasteiger partial charge in [0.05, 0.1) is 12.7 Å². The lowest BCUT2D eigenvalue weighted by atomic mass is 9.98. The van der Waals surface area contributed by atoms with Crippen LogP contribution in [0.1, 0.15) is 38.3 Å². The number of carbonyl (C=O) groups excluding carboxylic acids is 2. The number of esters is 1. The van der Waals surface area contributed by atoms with Crippen molar-refractivity contribution in [3.05, 3.63) is 129 Å². The largest absolute Gasteiger partial charge is 0.465 e. The fourth-order valence-corrected chi connectivity index (χ4v) is 4.61. The van der Waals surface area contributed by atoms with Crippen molar-refractivity contribution in [3.8, 4) is 11.1 Å². The van der Waals surface area contributed by atoms with Gasteiger partial charge in [0.25, 0.3) is 5.91 Å². The quantitative estimate of drug-likeness (QED) is 0.207. The van der Waals surface area contributed by atoms with Gasteiger partial charge in [0, 0.05) is 28.7 Å². The molecule has 4 nitrogen and oxygen atoms in total. The monoisotopic (exact) mass is 531 g/mol. The van der Waals surface area contributed by atoms with E-state index in [1.165, 1.54) is 12.7 Å². The molecule has 0 fully saturated rings. The number of ether oxygens (including phenoxy) is 1. The first-order chi connectivity index (χ1) is 18.0. The van der Waals surface area contributed by atoms with Crippen molar-refractivity contribution >= 4 is 35.1 Å². The number of aryl methyl sites for hydroxylation is 1. The molecule has 0 N–H and O–H groups in total. The number of carbonyl (C=O) groups is 2. The molecule has 0 aliphatic rings. The van der Waals surface area contributed by atoms with Crippen molar-refractivity contribution in [3.63, 3.8) is 0 Å². The maximum atomic E-state index is 13.6. The minimum Gasteiger partial charge on any atom is -0.465 e. The van der Waals surface area contributed by atoms with E-state index in [1.54, 1.807) is 47.4 Å². The normalized spacial score (nSPS) is 10.7. The van der Waals surface area contributed by atoms with Crippen LogP contribution in [0.3, 0.4) is 0 Å². The molecule has 6 heteroatoms. The predicted molar refractivity (Wildman–Crippen MR) is 149 cm³/mol. The fraction of sp³-hybridized carbons (Fsp3) is 0.161. The molecule has 0 saturated heterocycles. The van der Waals surface area contributed by atoms with Gasteiger partial charge in [0.1, 0.15) is 0 Å². The van der Waals surface area contributed by atoms with E-state index in [-0.39, 0.29) is 5.91 Å². The number of nitrogens with zero attached hydrogens (tertiary/aromatic N) is 1. The van der Waals surface area contributed by atoms with Crippen LogP contribution in [0.5, 0.6) is 0 Å². The van der Waals surface area contributed by atoms with Crippen LogP contribution in [0.2, 0.25) is 10.0 Å². The highest BCUT2D eigenvalue weighted by molar-refractivity contribution is 6.33. The topological polar surface area (TPSA) is 46.6 Å². The molecular weight excluding hydrogens is 505 g/mol. The Labute approximate surface area is 227 Å². The molecule has 37 heavy (non-hydrogen) atoms. The van der Waals surface area contributed by atoms with Gasteiger partial charge in [-0.05, 0) is 71.5 Å². The van der Waals surface area contributed by atoms with Gasteiger partial charge in [0.2, 0.25) is 0 Å². The molecule has 4 rings (SSSR count). The van der Waals surface area contributed by atoms with E-state index >= 15 is 0 Å². The standard InChI is InChI=1S/C31H27Cl2NO3/c1-37-31(36)28-12-6-5-11-27(28)23-13-15-24(16-14-23)30(35)34(19-7-10-22-8-3-2-4-9-22)21-25-20-26(32)17-18-29(25)33/h2-6,8-9,11-18,20H,7,10,19,21H2,1H3. The van der Waals surface area contributed by atoms with E-state index in [0.29, 0.717) is 34.3 Å². The van der Waals surface area contributed by atoms with Crippen molar-refractivity contribution < 1.29 is 14.3 Å². The third-order valence-electron chi connectivity index (χ3n) is 6.17. The first-order valence-corrected chi connectivity index (χ1v) is 12.8. The number of halogens is 2. The van der Waals surface area contributed by atoms with Crippen LogP contribution in [0.25, 0.3) is 11.1 Å². The average molecular weight is 532 g/mol. The second-order valence-electron chi connectivity index (χ2n) is 8.67. The summed E-state index contributed by atoms with van der Waals surface area (Å²) in [5, 5.41) is 1.14. The zero-order chi connectivity index (χ0) is 26.2. The lowest BCUT2D eigenvalue weighted by Gasteiger charge is -2.24. The minimum absolute atomic E-state index is 0.100. The van der Waals surface area contributed by atoms with E-state index in [1.807, 2.05) is 42.5 Å². The Morgan fingerprint density at radius 2 is 1.54 bits per heavy atom. The van der Waals surface area contributed by atoms with Crippen LogP contribution in [0.15, 0.2) is 97.1 Å². The average Bonchev–Trinajstić information content (AvgIpc) is 2.94. The minimum atomic E-state index is -0.404. The summed E-state index contributed by atoms with van der Waals surface area (Å²) in [6, 6.07) is 30.0. The van der Waals surface area contributed by atoms with E-state index in [9.17, 15) is 9.59 Å². The molecule has 0 aliphatic carbocycles. The summed E-state index contributed by atoms with van der Waals surface area (Å²) >= 11 is 12.6. The fourth-order valence-electron chi connectivity index (χ4n) is 4.24. The van der Waals surface area contributed by atoms with Crippen LogP contribution in [0, 0.1) is 0 Å². The maximum Gasteiger partial charge on any atom is 0.338 e. The Bertz CT molecular complexity index is 1370. The summed E-state index contributed by atoms with van der Waals surface area (Å²) in [6.07, 6.45) is 1.66. The smallest absolute Gasteiger partial charge is 0.338 e. The van der Waals surface area contributed by atoms with Crippen LogP contribution < -0.4 is 0 Å². The Kier molecular flexibility index (Phi) is 8.99. The molecule has 0 radical (unpaired) electrons. The van der Waals surface area contributed by atoms with Gasteiger partial charge in [-0.25, -0.2) is 4.79 Å². The second-order valence-corrected chi connectivity index (χ2v) is 9.51. The Morgan fingerprint density at radius 1 is 0.838 bits per heavy atom.